The van der Waals surface area contributed by atoms with E-state index >= 15 is 0 Å². The highest BCUT2D eigenvalue weighted by molar-refractivity contribution is 7.15. The van der Waals surface area contributed by atoms with Gasteiger partial charge in [0.2, 0.25) is 0 Å². The number of carbonyl (C=O) groups is 1. The quantitative estimate of drug-likeness (QED) is 0.919. The van der Waals surface area contributed by atoms with Gasteiger partial charge in [-0.2, -0.15) is 0 Å². The molecule has 0 fully saturated rings. The Labute approximate surface area is 127 Å². The van der Waals surface area contributed by atoms with E-state index < -0.39 is 0 Å². The first-order chi connectivity index (χ1) is 10.3. The standard InChI is InChI=1S/C15H18N2O3S/c1-2-19-9-10-7-8-12(20-10)14(18)17-15-16-11-5-3-4-6-13(11)21-15/h7-8H,2-6,9H2,1H3,(H,16,17,18). The number of ether oxygens (including phenoxy) is 1. The molecule has 5 nitrogen and oxygen atoms in total. The summed E-state index contributed by atoms with van der Waals surface area (Å²) in [5.74, 6) is 0.683. The van der Waals surface area contributed by atoms with E-state index in [1.165, 1.54) is 17.7 Å². The Morgan fingerprint density at radius 1 is 1.43 bits per heavy atom. The summed E-state index contributed by atoms with van der Waals surface area (Å²) < 4.78 is 10.7. The first-order valence-corrected chi connectivity index (χ1v) is 8.04. The van der Waals surface area contributed by atoms with Crippen LogP contribution in [-0.4, -0.2) is 17.5 Å². The summed E-state index contributed by atoms with van der Waals surface area (Å²) in [6, 6.07) is 3.43. The molecule has 1 amide bonds. The van der Waals surface area contributed by atoms with Gasteiger partial charge in [0.1, 0.15) is 12.4 Å². The van der Waals surface area contributed by atoms with Crippen molar-refractivity contribution in [2.45, 2.75) is 39.2 Å². The fraction of sp³-hybridized carbons (Fsp3) is 0.467. The van der Waals surface area contributed by atoms with E-state index in [1.807, 2.05) is 6.92 Å². The highest BCUT2D eigenvalue weighted by atomic mass is 32.1. The van der Waals surface area contributed by atoms with Crippen LogP contribution in [0.3, 0.4) is 0 Å². The molecule has 0 spiro atoms. The Bertz CT molecular complexity index is 609. The normalized spacial score (nSPS) is 14.0. The second-order valence-corrected chi connectivity index (χ2v) is 6.04. The molecule has 6 heteroatoms. The largest absolute Gasteiger partial charge is 0.453 e. The van der Waals surface area contributed by atoms with E-state index in [0.29, 0.717) is 24.1 Å². The van der Waals surface area contributed by atoms with Crippen LogP contribution in [0.2, 0.25) is 0 Å². The number of hydrogen-bond acceptors (Lipinski definition) is 5. The molecule has 2 aromatic rings. The fourth-order valence-corrected chi connectivity index (χ4v) is 3.39. The Morgan fingerprint density at radius 2 is 2.29 bits per heavy atom. The zero-order valence-corrected chi connectivity index (χ0v) is 12.8. The van der Waals surface area contributed by atoms with Crippen molar-refractivity contribution in [1.82, 2.24) is 4.98 Å². The molecule has 0 unspecified atom stereocenters. The van der Waals surface area contributed by atoms with Crippen LogP contribution in [0.25, 0.3) is 0 Å². The molecule has 0 atom stereocenters. The second-order valence-electron chi connectivity index (χ2n) is 4.95. The third-order valence-corrected chi connectivity index (χ3v) is 4.47. The molecule has 1 aliphatic carbocycles. The molecule has 0 radical (unpaired) electrons. The summed E-state index contributed by atoms with van der Waals surface area (Å²) in [7, 11) is 0. The Kier molecular flexibility index (Phi) is 4.36. The van der Waals surface area contributed by atoms with Gasteiger partial charge in [-0.15, -0.1) is 11.3 Å². The van der Waals surface area contributed by atoms with E-state index in [4.69, 9.17) is 9.15 Å². The highest BCUT2D eigenvalue weighted by Crippen LogP contribution is 2.29. The molecule has 3 rings (SSSR count). The highest BCUT2D eigenvalue weighted by Gasteiger charge is 2.18. The number of nitrogens with one attached hydrogen (secondary N) is 1. The minimum Gasteiger partial charge on any atom is -0.453 e. The molecule has 0 aliphatic heterocycles. The third kappa shape index (κ3) is 3.33. The molecule has 1 aliphatic rings. The van der Waals surface area contributed by atoms with Gasteiger partial charge in [-0.05, 0) is 44.7 Å². The van der Waals surface area contributed by atoms with Gasteiger partial charge in [0.05, 0.1) is 5.69 Å². The zero-order chi connectivity index (χ0) is 14.7. The van der Waals surface area contributed by atoms with Gasteiger partial charge < -0.3 is 9.15 Å². The Hall–Kier alpha value is -1.66. The van der Waals surface area contributed by atoms with Crippen LogP contribution in [0.1, 0.15) is 46.7 Å². The van der Waals surface area contributed by atoms with Crippen LogP contribution in [0, 0.1) is 0 Å². The first kappa shape index (κ1) is 14.3. The topological polar surface area (TPSA) is 64.4 Å². The molecule has 2 aromatic heterocycles. The minimum atomic E-state index is -0.260. The van der Waals surface area contributed by atoms with Gasteiger partial charge in [0.15, 0.2) is 10.9 Å². The SMILES string of the molecule is CCOCc1ccc(C(=O)Nc2nc3c(s2)CCCC3)o1. The maximum Gasteiger partial charge on any atom is 0.293 e. The summed E-state index contributed by atoms with van der Waals surface area (Å²) in [5.41, 5.74) is 1.14. The van der Waals surface area contributed by atoms with Crippen LogP contribution in [0.4, 0.5) is 5.13 Å². The summed E-state index contributed by atoms with van der Waals surface area (Å²) >= 11 is 1.57. The van der Waals surface area contributed by atoms with Gasteiger partial charge >= 0.3 is 0 Å². The molecule has 0 bridgehead atoms. The van der Waals surface area contributed by atoms with Crippen LogP contribution >= 0.6 is 11.3 Å². The lowest BCUT2D eigenvalue weighted by Gasteiger charge is -2.06. The van der Waals surface area contributed by atoms with E-state index in [2.05, 4.69) is 10.3 Å². The summed E-state index contributed by atoms with van der Waals surface area (Å²) in [4.78, 5) is 17.9. The number of amides is 1. The summed E-state index contributed by atoms with van der Waals surface area (Å²) in [6.45, 7) is 2.92. The number of rotatable bonds is 5. The summed E-state index contributed by atoms with van der Waals surface area (Å²) in [5, 5.41) is 3.48. The maximum atomic E-state index is 12.1. The third-order valence-electron chi connectivity index (χ3n) is 3.40. The number of aryl methyl sites for hydroxylation is 2. The van der Waals surface area contributed by atoms with Gasteiger partial charge in [-0.1, -0.05) is 0 Å². The van der Waals surface area contributed by atoms with Gasteiger partial charge in [0.25, 0.3) is 5.91 Å². The number of aromatic nitrogens is 1. The van der Waals surface area contributed by atoms with Gasteiger partial charge in [-0.25, -0.2) is 4.98 Å². The molecule has 0 saturated heterocycles. The van der Waals surface area contributed by atoms with Crippen molar-refractivity contribution in [3.8, 4) is 0 Å². The molecule has 112 valence electrons. The van der Waals surface area contributed by atoms with Crippen molar-refractivity contribution in [1.29, 1.82) is 0 Å². The average molecular weight is 306 g/mol. The molecular weight excluding hydrogens is 288 g/mol. The van der Waals surface area contributed by atoms with E-state index in [9.17, 15) is 4.79 Å². The van der Waals surface area contributed by atoms with Crippen LogP contribution in [-0.2, 0) is 24.2 Å². The number of carbonyl (C=O) groups excluding carboxylic acids is 1. The summed E-state index contributed by atoms with van der Waals surface area (Å²) in [6.07, 6.45) is 4.48. The second kappa shape index (κ2) is 6.41. The Morgan fingerprint density at radius 3 is 3.10 bits per heavy atom. The number of anilines is 1. The molecule has 1 N–H and O–H groups in total. The number of thiazole rings is 1. The van der Waals surface area contributed by atoms with Crippen molar-refractivity contribution in [3.63, 3.8) is 0 Å². The Balaban J connectivity index is 1.65. The predicted octanol–water partition coefficient (Wildman–Crippen LogP) is 3.40. The van der Waals surface area contributed by atoms with Crippen molar-refractivity contribution >= 4 is 22.4 Å². The predicted molar refractivity (Wildman–Crippen MR) is 80.7 cm³/mol. The molecule has 21 heavy (non-hydrogen) atoms. The van der Waals surface area contributed by atoms with E-state index in [-0.39, 0.29) is 11.7 Å². The maximum absolute atomic E-state index is 12.1. The zero-order valence-electron chi connectivity index (χ0n) is 12.0. The van der Waals surface area contributed by atoms with Crippen LogP contribution in [0.15, 0.2) is 16.5 Å². The van der Waals surface area contributed by atoms with Gasteiger partial charge in [-0.3, -0.25) is 10.1 Å². The lowest BCUT2D eigenvalue weighted by molar-refractivity contribution is 0.0972. The molecule has 2 heterocycles. The molecular formula is C15H18N2O3S. The van der Waals surface area contributed by atoms with Crippen molar-refractivity contribution in [2.75, 3.05) is 11.9 Å². The lowest BCUT2D eigenvalue weighted by atomic mass is 10.0. The van der Waals surface area contributed by atoms with Gasteiger partial charge in [0, 0.05) is 11.5 Å². The lowest BCUT2D eigenvalue weighted by Crippen LogP contribution is -2.10. The molecule has 0 saturated carbocycles. The number of fused-ring (bicyclic) bond motifs is 1. The smallest absolute Gasteiger partial charge is 0.293 e. The number of nitrogens with zero attached hydrogens (tertiary/aromatic N) is 1. The number of hydrogen-bond donors (Lipinski definition) is 1. The van der Waals surface area contributed by atoms with Crippen LogP contribution < -0.4 is 5.32 Å². The number of furan rings is 1. The minimum absolute atomic E-state index is 0.260. The van der Waals surface area contributed by atoms with Crippen LogP contribution in [0.5, 0.6) is 0 Å². The fourth-order valence-electron chi connectivity index (χ4n) is 2.34. The first-order valence-electron chi connectivity index (χ1n) is 7.22. The van der Waals surface area contributed by atoms with E-state index in [1.54, 1.807) is 23.5 Å². The van der Waals surface area contributed by atoms with Crippen molar-refractivity contribution in [2.24, 2.45) is 0 Å². The molecule has 0 aromatic carbocycles. The van der Waals surface area contributed by atoms with Crippen molar-refractivity contribution < 1.29 is 13.9 Å². The average Bonchev–Trinajstić information content (AvgIpc) is 3.11. The monoisotopic (exact) mass is 306 g/mol. The van der Waals surface area contributed by atoms with Crippen molar-refractivity contribution in [3.05, 3.63) is 34.2 Å². The van der Waals surface area contributed by atoms with E-state index in [0.717, 1.165) is 18.5 Å².